The van der Waals surface area contributed by atoms with Gasteiger partial charge in [0.05, 0.1) is 18.5 Å². The Morgan fingerprint density at radius 1 is 1.20 bits per heavy atom. The Morgan fingerprint density at radius 3 is 2.56 bits per heavy atom. The third kappa shape index (κ3) is 4.24. The average molecular weight is 413 g/mol. The van der Waals surface area contributed by atoms with Crippen LogP contribution >= 0.6 is 27.3 Å². The molecule has 25 heavy (non-hydrogen) atoms. The van der Waals surface area contributed by atoms with E-state index in [1.807, 2.05) is 53.9 Å². The van der Waals surface area contributed by atoms with Crippen molar-refractivity contribution < 1.29 is 4.74 Å². The summed E-state index contributed by atoms with van der Waals surface area (Å²) >= 11 is 4.76. The summed E-state index contributed by atoms with van der Waals surface area (Å²) in [4.78, 5) is 4.51. The number of benzene rings is 2. The highest BCUT2D eigenvalue weighted by Crippen LogP contribution is 2.24. The van der Waals surface area contributed by atoms with Gasteiger partial charge in [-0.1, -0.05) is 15.9 Å². The minimum absolute atomic E-state index is 0.243. The van der Waals surface area contributed by atoms with Crippen LogP contribution in [0.5, 0.6) is 5.75 Å². The van der Waals surface area contributed by atoms with E-state index in [9.17, 15) is 5.26 Å². The van der Waals surface area contributed by atoms with Gasteiger partial charge in [-0.15, -0.1) is 11.3 Å². The Hall–Kier alpha value is -2.69. The molecule has 0 radical (unpaired) electrons. The minimum Gasteiger partial charge on any atom is -0.497 e. The Bertz CT molecular complexity index is 927. The fourth-order valence-electron chi connectivity index (χ4n) is 2.04. The molecule has 0 aliphatic heterocycles. The van der Waals surface area contributed by atoms with Crippen molar-refractivity contribution in [3.05, 3.63) is 63.4 Å². The largest absolute Gasteiger partial charge is 0.497 e. The van der Waals surface area contributed by atoms with Gasteiger partial charge in [-0.25, -0.2) is 4.98 Å². The van der Waals surface area contributed by atoms with Crippen molar-refractivity contribution in [2.45, 2.75) is 0 Å². The zero-order valence-electron chi connectivity index (χ0n) is 13.2. The molecule has 3 aromatic rings. The van der Waals surface area contributed by atoms with Gasteiger partial charge in [0.1, 0.15) is 11.8 Å². The molecule has 2 aromatic carbocycles. The molecule has 0 aliphatic carbocycles. The van der Waals surface area contributed by atoms with Crippen LogP contribution in [0.3, 0.4) is 0 Å². The van der Waals surface area contributed by atoms with Crippen LogP contribution in [0.15, 0.2) is 63.5 Å². The highest BCUT2D eigenvalue weighted by Gasteiger charge is 2.10. The SMILES string of the molecule is COc1ccc(-c2csc(/C(C#N)=N/Nc3ccc(Br)cc3)n2)cc1. The highest BCUT2D eigenvalue weighted by atomic mass is 79.9. The summed E-state index contributed by atoms with van der Waals surface area (Å²) in [6, 6.07) is 17.2. The molecule has 5 nitrogen and oxygen atoms in total. The summed E-state index contributed by atoms with van der Waals surface area (Å²) in [7, 11) is 1.63. The number of anilines is 1. The molecule has 0 spiro atoms. The molecule has 1 N–H and O–H groups in total. The molecule has 124 valence electrons. The first-order valence-corrected chi connectivity index (χ1v) is 8.96. The zero-order chi connectivity index (χ0) is 17.6. The van der Waals surface area contributed by atoms with Crippen LogP contribution in [-0.2, 0) is 0 Å². The van der Waals surface area contributed by atoms with E-state index in [4.69, 9.17) is 4.74 Å². The Morgan fingerprint density at radius 2 is 1.92 bits per heavy atom. The van der Waals surface area contributed by atoms with E-state index < -0.39 is 0 Å². The highest BCUT2D eigenvalue weighted by molar-refractivity contribution is 9.10. The Labute approximate surface area is 157 Å². The molecule has 0 unspecified atom stereocenters. The molecule has 0 atom stereocenters. The number of ether oxygens (including phenoxy) is 1. The molecule has 0 fully saturated rings. The van der Waals surface area contributed by atoms with Gasteiger partial charge in [0.2, 0.25) is 0 Å². The maximum Gasteiger partial charge on any atom is 0.196 e. The van der Waals surface area contributed by atoms with Gasteiger partial charge in [0.25, 0.3) is 0 Å². The molecule has 3 rings (SSSR count). The quantitative estimate of drug-likeness (QED) is 0.476. The number of hydrogen-bond acceptors (Lipinski definition) is 6. The van der Waals surface area contributed by atoms with Crippen molar-refractivity contribution in [3.63, 3.8) is 0 Å². The third-order valence-corrected chi connectivity index (χ3v) is 4.72. The number of nitriles is 1. The number of halogens is 1. The van der Waals surface area contributed by atoms with Crippen molar-refractivity contribution in [1.82, 2.24) is 4.98 Å². The summed E-state index contributed by atoms with van der Waals surface area (Å²) < 4.78 is 6.13. The van der Waals surface area contributed by atoms with E-state index in [1.54, 1.807) is 7.11 Å². The molecule has 0 amide bonds. The van der Waals surface area contributed by atoms with Gasteiger partial charge >= 0.3 is 0 Å². The van der Waals surface area contributed by atoms with Crippen LogP contribution in [-0.4, -0.2) is 17.8 Å². The number of nitrogens with zero attached hydrogens (tertiary/aromatic N) is 3. The van der Waals surface area contributed by atoms with E-state index in [0.717, 1.165) is 27.2 Å². The van der Waals surface area contributed by atoms with E-state index in [2.05, 4.69) is 37.5 Å². The second kappa shape index (κ2) is 7.92. The van der Waals surface area contributed by atoms with E-state index in [1.165, 1.54) is 11.3 Å². The molecule has 1 aromatic heterocycles. The minimum atomic E-state index is 0.243. The van der Waals surface area contributed by atoms with Crippen LogP contribution in [0, 0.1) is 11.3 Å². The van der Waals surface area contributed by atoms with Gasteiger partial charge in [-0.05, 0) is 48.5 Å². The fraction of sp³-hybridized carbons (Fsp3) is 0.0556. The standard InChI is InChI=1S/C18H13BrN4OS/c1-24-15-8-2-12(3-9-15)17-11-25-18(21-17)16(10-20)23-22-14-6-4-13(19)5-7-14/h2-9,11,22H,1H3/b23-16+. The van der Waals surface area contributed by atoms with Crippen LogP contribution in [0.25, 0.3) is 11.3 Å². The van der Waals surface area contributed by atoms with Gasteiger partial charge in [0.15, 0.2) is 10.7 Å². The molecular weight excluding hydrogens is 400 g/mol. The maximum absolute atomic E-state index is 9.37. The first-order valence-electron chi connectivity index (χ1n) is 7.29. The Balaban J connectivity index is 1.79. The topological polar surface area (TPSA) is 70.3 Å². The summed E-state index contributed by atoms with van der Waals surface area (Å²) in [6.45, 7) is 0. The number of aromatic nitrogens is 1. The molecule has 1 heterocycles. The summed E-state index contributed by atoms with van der Waals surface area (Å²) in [5.41, 5.74) is 5.68. The van der Waals surface area contributed by atoms with Crippen molar-refractivity contribution >= 4 is 38.7 Å². The third-order valence-electron chi connectivity index (χ3n) is 3.34. The number of rotatable bonds is 5. The lowest BCUT2D eigenvalue weighted by molar-refractivity contribution is 0.415. The summed E-state index contributed by atoms with van der Waals surface area (Å²) in [5, 5.41) is 16.0. The van der Waals surface area contributed by atoms with Crippen molar-refractivity contribution in [3.8, 4) is 23.1 Å². The number of thiazole rings is 1. The van der Waals surface area contributed by atoms with Crippen molar-refractivity contribution in [2.75, 3.05) is 12.5 Å². The first-order chi connectivity index (χ1) is 12.2. The van der Waals surface area contributed by atoms with Crippen molar-refractivity contribution in [1.29, 1.82) is 5.26 Å². The number of hydrazone groups is 1. The summed E-state index contributed by atoms with van der Waals surface area (Å²) in [5.74, 6) is 0.789. The van der Waals surface area contributed by atoms with Gasteiger partial charge in [-0.2, -0.15) is 10.4 Å². The van der Waals surface area contributed by atoms with Crippen LogP contribution in [0.1, 0.15) is 5.01 Å². The smallest absolute Gasteiger partial charge is 0.196 e. The normalized spacial score (nSPS) is 11.0. The van der Waals surface area contributed by atoms with Gasteiger partial charge in [0, 0.05) is 15.4 Å². The Kier molecular flexibility index (Phi) is 5.43. The second-order valence-electron chi connectivity index (χ2n) is 4.96. The molecule has 0 saturated carbocycles. The predicted octanol–water partition coefficient (Wildman–Crippen LogP) is 4.92. The van der Waals surface area contributed by atoms with Gasteiger partial charge < -0.3 is 4.74 Å². The number of nitrogens with one attached hydrogen (secondary N) is 1. The van der Waals surface area contributed by atoms with E-state index in [0.29, 0.717) is 5.01 Å². The monoisotopic (exact) mass is 412 g/mol. The lowest BCUT2D eigenvalue weighted by Gasteiger charge is -2.01. The van der Waals surface area contributed by atoms with Crippen LogP contribution < -0.4 is 10.2 Å². The van der Waals surface area contributed by atoms with E-state index >= 15 is 0 Å². The second-order valence-corrected chi connectivity index (χ2v) is 6.73. The molecular formula is C18H13BrN4OS. The zero-order valence-corrected chi connectivity index (χ0v) is 15.6. The summed E-state index contributed by atoms with van der Waals surface area (Å²) in [6.07, 6.45) is 0. The fourth-order valence-corrected chi connectivity index (χ4v) is 3.07. The number of methoxy groups -OCH3 is 1. The first kappa shape index (κ1) is 17.1. The maximum atomic E-state index is 9.37. The van der Waals surface area contributed by atoms with Gasteiger partial charge in [-0.3, -0.25) is 5.43 Å². The average Bonchev–Trinajstić information content (AvgIpc) is 3.14. The lowest BCUT2D eigenvalue weighted by Crippen LogP contribution is -2.01. The van der Waals surface area contributed by atoms with Crippen molar-refractivity contribution in [2.24, 2.45) is 5.10 Å². The van der Waals surface area contributed by atoms with E-state index in [-0.39, 0.29) is 5.71 Å². The molecule has 0 bridgehead atoms. The molecule has 0 saturated heterocycles. The van der Waals surface area contributed by atoms with Crippen LogP contribution in [0.4, 0.5) is 5.69 Å². The predicted molar refractivity (Wildman–Crippen MR) is 104 cm³/mol. The van der Waals surface area contributed by atoms with Crippen LogP contribution in [0.2, 0.25) is 0 Å². The number of hydrogen-bond donors (Lipinski definition) is 1. The molecule has 7 heteroatoms. The molecule has 0 aliphatic rings. The lowest BCUT2D eigenvalue weighted by atomic mass is 10.2.